The number of benzene rings is 3. The molecule has 0 fully saturated rings. The van der Waals surface area contributed by atoms with Crippen LogP contribution in [0.2, 0.25) is 0 Å². The standard InChI is InChI=1S/C35H44N8O8S2/c1-7-30-32(51-28-12-10-25(11-13-28)35(44)36-15-8-16-49-31-14-9-22(2)17-23(31)3)34-39-38-33(43(34)40-30)24(4)37-21-50-29-19-26(41-52(5,45)46)18-27(20-29)42-53(6,47)48/h9-14,17-20,24,37,40-42H,7-8,15-16,21H2,1-6H3,(H,36,44). The van der Waals surface area contributed by atoms with Gasteiger partial charge in [-0.15, -0.1) is 10.2 Å². The molecule has 5 aromatic rings. The Bertz CT molecular complexity index is 2240. The summed E-state index contributed by atoms with van der Waals surface area (Å²) in [5.74, 6) is 2.40. The molecule has 284 valence electrons. The number of amides is 1. The van der Waals surface area contributed by atoms with E-state index in [0.717, 1.165) is 29.5 Å². The van der Waals surface area contributed by atoms with Crippen LogP contribution in [0.5, 0.6) is 23.0 Å². The average molecular weight is 769 g/mol. The van der Waals surface area contributed by atoms with E-state index in [0.29, 0.717) is 54.5 Å². The predicted molar refractivity (Wildman–Crippen MR) is 202 cm³/mol. The molecule has 18 heteroatoms. The van der Waals surface area contributed by atoms with E-state index in [1.807, 2.05) is 39.8 Å². The molecular weight excluding hydrogens is 725 g/mol. The van der Waals surface area contributed by atoms with Gasteiger partial charge in [-0.3, -0.25) is 24.7 Å². The van der Waals surface area contributed by atoms with Gasteiger partial charge in [0, 0.05) is 24.2 Å². The number of rotatable bonds is 18. The molecule has 1 atom stereocenters. The molecule has 3 aromatic carbocycles. The van der Waals surface area contributed by atoms with Crippen molar-refractivity contribution in [1.82, 2.24) is 30.4 Å². The number of fused-ring (bicyclic) bond motifs is 1. The molecular formula is C35H44N8O8S2. The van der Waals surface area contributed by atoms with Crippen molar-refractivity contribution in [1.29, 1.82) is 0 Å². The van der Waals surface area contributed by atoms with E-state index in [1.165, 1.54) is 23.8 Å². The minimum atomic E-state index is -3.63. The fourth-order valence-electron chi connectivity index (χ4n) is 5.38. The molecule has 0 saturated carbocycles. The van der Waals surface area contributed by atoms with Crippen molar-refractivity contribution in [2.45, 2.75) is 46.6 Å². The molecule has 0 saturated heterocycles. The summed E-state index contributed by atoms with van der Waals surface area (Å²) in [5.41, 5.74) is 4.25. The molecule has 0 radical (unpaired) electrons. The van der Waals surface area contributed by atoms with Gasteiger partial charge in [0.25, 0.3) is 5.91 Å². The zero-order valence-corrected chi connectivity index (χ0v) is 31.9. The van der Waals surface area contributed by atoms with Crippen LogP contribution in [0.15, 0.2) is 60.7 Å². The number of hydrogen-bond donors (Lipinski definition) is 5. The molecule has 0 aliphatic rings. The largest absolute Gasteiger partial charge is 0.493 e. The van der Waals surface area contributed by atoms with Crippen LogP contribution in [-0.4, -0.2) is 74.9 Å². The lowest BCUT2D eigenvalue weighted by atomic mass is 10.1. The number of carbonyl (C=O) groups is 1. The monoisotopic (exact) mass is 768 g/mol. The molecule has 53 heavy (non-hydrogen) atoms. The fraction of sp³-hybridized carbons (Fsp3) is 0.343. The number of aromatic amines is 1. The first kappa shape index (κ1) is 38.9. The Kier molecular flexibility index (Phi) is 12.2. The number of sulfonamides is 2. The van der Waals surface area contributed by atoms with Gasteiger partial charge >= 0.3 is 0 Å². The summed E-state index contributed by atoms with van der Waals surface area (Å²) < 4.78 is 71.4. The lowest BCUT2D eigenvalue weighted by molar-refractivity contribution is 0.0951. The van der Waals surface area contributed by atoms with Crippen LogP contribution in [-0.2, 0) is 26.5 Å². The number of anilines is 2. The minimum Gasteiger partial charge on any atom is -0.493 e. The lowest BCUT2D eigenvalue weighted by Gasteiger charge is -2.15. The maximum Gasteiger partial charge on any atom is 0.251 e. The molecule has 5 rings (SSSR count). The summed E-state index contributed by atoms with van der Waals surface area (Å²) in [7, 11) is -7.26. The van der Waals surface area contributed by atoms with Crippen LogP contribution in [0.25, 0.3) is 5.65 Å². The molecule has 0 bridgehead atoms. The fourth-order valence-corrected chi connectivity index (χ4v) is 6.47. The summed E-state index contributed by atoms with van der Waals surface area (Å²) in [5, 5.41) is 18.1. The van der Waals surface area contributed by atoms with Gasteiger partial charge in [-0.1, -0.05) is 24.6 Å². The first-order chi connectivity index (χ1) is 25.1. The molecule has 2 heterocycles. The summed E-state index contributed by atoms with van der Waals surface area (Å²) in [6.45, 7) is 8.80. The zero-order chi connectivity index (χ0) is 38.3. The van der Waals surface area contributed by atoms with E-state index in [-0.39, 0.29) is 35.8 Å². The quantitative estimate of drug-likeness (QED) is 0.0612. The van der Waals surface area contributed by atoms with E-state index in [2.05, 4.69) is 41.4 Å². The molecule has 0 spiro atoms. The van der Waals surface area contributed by atoms with E-state index in [9.17, 15) is 21.6 Å². The predicted octanol–water partition coefficient (Wildman–Crippen LogP) is 4.66. The summed E-state index contributed by atoms with van der Waals surface area (Å²) in [6.07, 6.45) is 3.24. The van der Waals surface area contributed by atoms with Gasteiger partial charge in [0.15, 0.2) is 11.6 Å². The minimum absolute atomic E-state index is 0.0394. The van der Waals surface area contributed by atoms with Crippen LogP contribution in [0, 0.1) is 13.8 Å². The topological polar surface area (TPSA) is 207 Å². The highest BCUT2D eigenvalue weighted by Crippen LogP contribution is 2.31. The highest BCUT2D eigenvalue weighted by Gasteiger charge is 2.22. The number of carbonyl (C=O) groups excluding carboxylic acids is 1. The number of aryl methyl sites for hydroxylation is 3. The van der Waals surface area contributed by atoms with E-state index in [4.69, 9.17) is 14.2 Å². The number of nitrogens with one attached hydrogen (secondary N) is 5. The van der Waals surface area contributed by atoms with Crippen molar-refractivity contribution in [3.63, 3.8) is 0 Å². The normalized spacial score (nSPS) is 12.3. The smallest absolute Gasteiger partial charge is 0.251 e. The highest BCUT2D eigenvalue weighted by molar-refractivity contribution is 7.92. The van der Waals surface area contributed by atoms with E-state index >= 15 is 0 Å². The summed E-state index contributed by atoms with van der Waals surface area (Å²) in [6, 6.07) is 16.7. The average Bonchev–Trinajstić information content (AvgIpc) is 3.63. The van der Waals surface area contributed by atoms with Crippen molar-refractivity contribution >= 4 is 43.0 Å². The number of aromatic nitrogens is 4. The molecule has 0 aliphatic heterocycles. The molecule has 1 unspecified atom stereocenters. The number of hydrogen-bond acceptors (Lipinski definition) is 11. The molecule has 2 aromatic heterocycles. The second kappa shape index (κ2) is 16.6. The lowest BCUT2D eigenvalue weighted by Crippen LogP contribution is -2.25. The first-order valence-electron chi connectivity index (χ1n) is 16.8. The van der Waals surface area contributed by atoms with Gasteiger partial charge in [0.05, 0.1) is 42.2 Å². The SMILES string of the molecule is CCc1[nH]n2c(C(C)NCOc3cc(NS(C)(=O)=O)cc(NS(C)(=O)=O)c3)nnc2c1Oc1ccc(C(=O)NCCCOc2ccc(C)cc2C)cc1. The Morgan fingerprint density at radius 3 is 2.19 bits per heavy atom. The van der Waals surface area contributed by atoms with Crippen molar-refractivity contribution in [3.05, 3.63) is 88.9 Å². The Balaban J connectivity index is 1.17. The zero-order valence-electron chi connectivity index (χ0n) is 30.3. The number of nitrogens with zero attached hydrogens (tertiary/aromatic N) is 3. The van der Waals surface area contributed by atoms with Gasteiger partial charge in [0.1, 0.15) is 24.0 Å². The van der Waals surface area contributed by atoms with Crippen molar-refractivity contribution in [2.24, 2.45) is 0 Å². The van der Waals surface area contributed by atoms with Crippen LogP contribution < -0.4 is 34.3 Å². The van der Waals surface area contributed by atoms with Crippen molar-refractivity contribution in [2.75, 3.05) is 41.8 Å². The van der Waals surface area contributed by atoms with Crippen LogP contribution in [0.1, 0.15) is 59.3 Å². The van der Waals surface area contributed by atoms with Gasteiger partial charge in [0.2, 0.25) is 25.7 Å². The Morgan fingerprint density at radius 1 is 0.887 bits per heavy atom. The Hall–Kier alpha value is -5.33. The van der Waals surface area contributed by atoms with Gasteiger partial charge in [-0.25, -0.2) is 21.4 Å². The number of ether oxygens (including phenoxy) is 3. The molecule has 1 amide bonds. The van der Waals surface area contributed by atoms with Crippen LogP contribution in [0.3, 0.4) is 0 Å². The molecule has 5 N–H and O–H groups in total. The van der Waals surface area contributed by atoms with Crippen LogP contribution >= 0.6 is 0 Å². The van der Waals surface area contributed by atoms with Gasteiger partial charge < -0.3 is 19.5 Å². The highest BCUT2D eigenvalue weighted by atomic mass is 32.2. The third-order valence-electron chi connectivity index (χ3n) is 7.83. The third-order valence-corrected chi connectivity index (χ3v) is 9.04. The van der Waals surface area contributed by atoms with Gasteiger partial charge in [-0.2, -0.15) is 0 Å². The Morgan fingerprint density at radius 2 is 1.57 bits per heavy atom. The third kappa shape index (κ3) is 10.8. The van der Waals surface area contributed by atoms with E-state index < -0.39 is 20.0 Å². The van der Waals surface area contributed by atoms with Crippen LogP contribution in [0.4, 0.5) is 11.4 Å². The second-order valence-electron chi connectivity index (χ2n) is 12.6. The van der Waals surface area contributed by atoms with Gasteiger partial charge in [-0.05, 0) is 75.6 Å². The maximum absolute atomic E-state index is 12.7. The first-order valence-corrected chi connectivity index (χ1v) is 20.6. The molecule has 0 aliphatic carbocycles. The second-order valence-corrected chi connectivity index (χ2v) is 16.0. The maximum atomic E-state index is 12.7. The molecule has 16 nitrogen and oxygen atoms in total. The number of H-pyrrole nitrogens is 1. The summed E-state index contributed by atoms with van der Waals surface area (Å²) >= 11 is 0. The van der Waals surface area contributed by atoms with Crippen molar-refractivity contribution in [3.8, 4) is 23.0 Å². The Labute approximate surface area is 308 Å². The van der Waals surface area contributed by atoms with Crippen molar-refractivity contribution < 1.29 is 35.8 Å². The van der Waals surface area contributed by atoms with E-state index in [1.54, 1.807) is 28.8 Å². The summed E-state index contributed by atoms with van der Waals surface area (Å²) in [4.78, 5) is 12.7.